The molecule has 0 aliphatic rings. The van der Waals surface area contributed by atoms with Gasteiger partial charge in [0, 0.05) is 22.3 Å². The van der Waals surface area contributed by atoms with Gasteiger partial charge < -0.3 is 10.6 Å². The number of fused-ring (bicyclic) bond motifs is 1. The van der Waals surface area contributed by atoms with E-state index in [2.05, 4.69) is 31.5 Å². The minimum atomic E-state index is -0.389. The zero-order valence-electron chi connectivity index (χ0n) is 15.2. The van der Waals surface area contributed by atoms with Crippen LogP contribution in [0.15, 0.2) is 57.9 Å². The Kier molecular flexibility index (Phi) is 6.20. The standard InChI is InChI=1S/C20H19BrN4O3/c1-2-8-22-20(28)13-6-7-17-16(9-13)23-11-19(27)25(17)12-18(26)24-15-5-3-4-14(21)10-15/h3-7,9-11H,2,8,12H2,1H3,(H,22,28)(H,24,26). The summed E-state index contributed by atoms with van der Waals surface area (Å²) in [6, 6.07) is 12.1. The van der Waals surface area contributed by atoms with Crippen molar-refractivity contribution < 1.29 is 9.59 Å². The normalized spacial score (nSPS) is 10.6. The van der Waals surface area contributed by atoms with Gasteiger partial charge in [-0.15, -0.1) is 0 Å². The van der Waals surface area contributed by atoms with Gasteiger partial charge in [-0.25, -0.2) is 4.98 Å². The monoisotopic (exact) mass is 442 g/mol. The van der Waals surface area contributed by atoms with E-state index in [0.29, 0.717) is 28.8 Å². The van der Waals surface area contributed by atoms with Gasteiger partial charge in [-0.05, 0) is 42.8 Å². The van der Waals surface area contributed by atoms with Gasteiger partial charge in [0.25, 0.3) is 11.5 Å². The third-order valence-corrected chi connectivity index (χ3v) is 4.55. The van der Waals surface area contributed by atoms with Crippen LogP contribution in [0.25, 0.3) is 11.0 Å². The van der Waals surface area contributed by atoms with Crippen LogP contribution < -0.4 is 16.2 Å². The second-order valence-corrected chi connectivity index (χ2v) is 7.12. The highest BCUT2D eigenvalue weighted by atomic mass is 79.9. The second kappa shape index (κ2) is 8.79. The first-order chi connectivity index (χ1) is 13.5. The molecule has 3 aromatic rings. The number of carbonyl (C=O) groups excluding carboxylic acids is 2. The number of carbonyl (C=O) groups is 2. The average Bonchev–Trinajstić information content (AvgIpc) is 2.68. The predicted octanol–water partition coefficient (Wildman–Crippen LogP) is 2.94. The molecule has 2 N–H and O–H groups in total. The number of nitrogens with zero attached hydrogens (tertiary/aromatic N) is 2. The molecule has 0 bridgehead atoms. The lowest BCUT2D eigenvalue weighted by Gasteiger charge is -2.11. The van der Waals surface area contributed by atoms with Gasteiger partial charge in [-0.2, -0.15) is 0 Å². The van der Waals surface area contributed by atoms with Crippen molar-refractivity contribution in [3.05, 3.63) is 69.1 Å². The van der Waals surface area contributed by atoms with E-state index in [1.807, 2.05) is 13.0 Å². The highest BCUT2D eigenvalue weighted by Crippen LogP contribution is 2.16. The smallest absolute Gasteiger partial charge is 0.269 e. The van der Waals surface area contributed by atoms with E-state index in [1.165, 1.54) is 4.57 Å². The fourth-order valence-electron chi connectivity index (χ4n) is 2.72. The molecule has 0 spiro atoms. The number of hydrogen-bond acceptors (Lipinski definition) is 4. The molecular weight excluding hydrogens is 424 g/mol. The largest absolute Gasteiger partial charge is 0.352 e. The molecule has 0 fully saturated rings. The van der Waals surface area contributed by atoms with Crippen molar-refractivity contribution in [3.8, 4) is 0 Å². The highest BCUT2D eigenvalue weighted by molar-refractivity contribution is 9.10. The molecule has 0 saturated heterocycles. The van der Waals surface area contributed by atoms with Gasteiger partial charge in [0.1, 0.15) is 6.54 Å². The number of benzene rings is 2. The van der Waals surface area contributed by atoms with Gasteiger partial charge in [0.15, 0.2) is 0 Å². The quantitative estimate of drug-likeness (QED) is 0.613. The van der Waals surface area contributed by atoms with E-state index >= 15 is 0 Å². The van der Waals surface area contributed by atoms with Crippen molar-refractivity contribution in [2.24, 2.45) is 0 Å². The van der Waals surface area contributed by atoms with Crippen LogP contribution in [-0.2, 0) is 11.3 Å². The molecule has 28 heavy (non-hydrogen) atoms. The van der Waals surface area contributed by atoms with E-state index in [-0.39, 0.29) is 23.9 Å². The molecule has 144 valence electrons. The van der Waals surface area contributed by atoms with Gasteiger partial charge in [0.2, 0.25) is 5.91 Å². The van der Waals surface area contributed by atoms with Crippen molar-refractivity contribution >= 4 is 44.5 Å². The van der Waals surface area contributed by atoms with Crippen LogP contribution in [0.1, 0.15) is 23.7 Å². The molecule has 8 heteroatoms. The Balaban J connectivity index is 1.86. The van der Waals surface area contributed by atoms with Crippen LogP contribution in [0.5, 0.6) is 0 Å². The SMILES string of the molecule is CCCNC(=O)c1ccc2c(c1)ncc(=O)n2CC(=O)Nc1cccc(Br)c1. The molecule has 0 unspecified atom stereocenters. The Morgan fingerprint density at radius 3 is 2.75 bits per heavy atom. The summed E-state index contributed by atoms with van der Waals surface area (Å²) < 4.78 is 2.18. The lowest BCUT2D eigenvalue weighted by atomic mass is 10.1. The Labute approximate surface area is 169 Å². The minimum absolute atomic E-state index is 0.161. The molecule has 1 aromatic heterocycles. The highest BCUT2D eigenvalue weighted by Gasteiger charge is 2.12. The minimum Gasteiger partial charge on any atom is -0.352 e. The van der Waals surface area contributed by atoms with Gasteiger partial charge in [-0.1, -0.05) is 28.9 Å². The topological polar surface area (TPSA) is 93.1 Å². The Morgan fingerprint density at radius 1 is 1.18 bits per heavy atom. The van der Waals surface area contributed by atoms with Gasteiger partial charge in [0.05, 0.1) is 17.2 Å². The van der Waals surface area contributed by atoms with Crippen molar-refractivity contribution in [2.45, 2.75) is 19.9 Å². The number of amides is 2. The zero-order valence-corrected chi connectivity index (χ0v) is 16.8. The summed E-state index contributed by atoms with van der Waals surface area (Å²) in [4.78, 5) is 40.9. The maximum atomic E-state index is 12.4. The predicted molar refractivity (Wildman–Crippen MR) is 111 cm³/mol. The van der Waals surface area contributed by atoms with Crippen LogP contribution in [-0.4, -0.2) is 27.9 Å². The van der Waals surface area contributed by atoms with Crippen LogP contribution in [0.2, 0.25) is 0 Å². The lowest BCUT2D eigenvalue weighted by molar-refractivity contribution is -0.116. The Morgan fingerprint density at radius 2 is 2.00 bits per heavy atom. The number of hydrogen-bond donors (Lipinski definition) is 2. The van der Waals surface area contributed by atoms with E-state index < -0.39 is 0 Å². The van der Waals surface area contributed by atoms with Gasteiger partial charge >= 0.3 is 0 Å². The Bertz CT molecular complexity index is 1090. The van der Waals surface area contributed by atoms with Crippen molar-refractivity contribution in [2.75, 3.05) is 11.9 Å². The summed E-state index contributed by atoms with van der Waals surface area (Å²) in [5.41, 5.74) is 1.65. The van der Waals surface area contributed by atoms with E-state index in [0.717, 1.165) is 17.1 Å². The molecule has 0 saturated carbocycles. The summed E-state index contributed by atoms with van der Waals surface area (Å²) >= 11 is 3.35. The average molecular weight is 443 g/mol. The number of anilines is 1. The van der Waals surface area contributed by atoms with Crippen LogP contribution in [0, 0.1) is 0 Å². The first-order valence-electron chi connectivity index (χ1n) is 8.81. The molecule has 2 aromatic carbocycles. The summed E-state index contributed by atoms with van der Waals surface area (Å²) in [6.07, 6.45) is 1.99. The van der Waals surface area contributed by atoms with Crippen molar-refractivity contribution in [1.82, 2.24) is 14.9 Å². The molecule has 0 aliphatic carbocycles. The van der Waals surface area contributed by atoms with E-state index in [1.54, 1.807) is 36.4 Å². The fourth-order valence-corrected chi connectivity index (χ4v) is 3.12. The molecular formula is C20H19BrN4O3. The van der Waals surface area contributed by atoms with E-state index in [9.17, 15) is 14.4 Å². The van der Waals surface area contributed by atoms with E-state index in [4.69, 9.17) is 0 Å². The lowest BCUT2D eigenvalue weighted by Crippen LogP contribution is -2.28. The van der Waals surface area contributed by atoms with Gasteiger partial charge in [-0.3, -0.25) is 19.0 Å². The summed E-state index contributed by atoms with van der Waals surface area (Å²) in [6.45, 7) is 2.39. The van der Waals surface area contributed by atoms with Crippen molar-refractivity contribution in [3.63, 3.8) is 0 Å². The fraction of sp³-hybridized carbons (Fsp3) is 0.200. The number of rotatable bonds is 6. The second-order valence-electron chi connectivity index (χ2n) is 6.20. The summed E-state index contributed by atoms with van der Waals surface area (Å²) in [7, 11) is 0. The Hall–Kier alpha value is -3.00. The zero-order chi connectivity index (χ0) is 20.1. The molecule has 2 amide bonds. The van der Waals surface area contributed by atoms with Crippen molar-refractivity contribution in [1.29, 1.82) is 0 Å². The molecule has 1 heterocycles. The summed E-state index contributed by atoms with van der Waals surface area (Å²) in [5.74, 6) is -0.534. The van der Waals surface area contributed by atoms with Crippen LogP contribution >= 0.6 is 15.9 Å². The number of halogens is 1. The van der Waals surface area contributed by atoms with Crippen LogP contribution in [0.4, 0.5) is 5.69 Å². The molecule has 3 rings (SSSR count). The van der Waals surface area contributed by atoms with Crippen LogP contribution in [0.3, 0.4) is 0 Å². The maximum Gasteiger partial charge on any atom is 0.269 e. The molecule has 0 atom stereocenters. The molecule has 7 nitrogen and oxygen atoms in total. The third-order valence-electron chi connectivity index (χ3n) is 4.05. The summed E-state index contributed by atoms with van der Waals surface area (Å²) in [5, 5.41) is 5.56. The molecule has 0 radical (unpaired) electrons. The first kappa shape index (κ1) is 19.8. The maximum absolute atomic E-state index is 12.4. The molecule has 0 aliphatic heterocycles. The third kappa shape index (κ3) is 4.64. The number of nitrogens with one attached hydrogen (secondary N) is 2. The first-order valence-corrected chi connectivity index (χ1v) is 9.60. The number of aromatic nitrogens is 2.